The number of rotatable bonds is 2. The quantitative estimate of drug-likeness (QED) is 0.804. The van der Waals surface area contributed by atoms with Gasteiger partial charge in [-0.05, 0) is 41.4 Å². The monoisotopic (exact) mass is 204 g/mol. The van der Waals surface area contributed by atoms with Crippen molar-refractivity contribution >= 4 is 0 Å². The molecular formula is C13H20N2. The maximum absolute atomic E-state index is 6.41. The van der Waals surface area contributed by atoms with E-state index in [9.17, 15) is 0 Å². The Bertz CT molecular complexity index is 359. The summed E-state index contributed by atoms with van der Waals surface area (Å²) in [5.74, 6) is 0.616. The SMILES string of the molecule is CCC1(C(C)C)Cc2cnccc2[C@H]1N. The van der Waals surface area contributed by atoms with E-state index >= 15 is 0 Å². The highest BCUT2D eigenvalue weighted by Gasteiger charge is 2.44. The molecule has 2 heteroatoms. The third-order valence-electron chi connectivity index (χ3n) is 4.22. The van der Waals surface area contributed by atoms with E-state index in [0.29, 0.717) is 5.92 Å². The topological polar surface area (TPSA) is 38.9 Å². The summed E-state index contributed by atoms with van der Waals surface area (Å²) in [6, 6.07) is 2.26. The van der Waals surface area contributed by atoms with Crippen LogP contribution in [-0.4, -0.2) is 4.98 Å². The van der Waals surface area contributed by atoms with Gasteiger partial charge in [0, 0.05) is 18.4 Å². The average Bonchev–Trinajstić information content (AvgIpc) is 2.53. The Morgan fingerprint density at radius 1 is 1.60 bits per heavy atom. The van der Waals surface area contributed by atoms with Crippen molar-refractivity contribution in [3.8, 4) is 0 Å². The van der Waals surface area contributed by atoms with Crippen molar-refractivity contribution in [1.29, 1.82) is 0 Å². The van der Waals surface area contributed by atoms with Crippen LogP contribution in [0.5, 0.6) is 0 Å². The van der Waals surface area contributed by atoms with E-state index in [1.807, 2.05) is 12.4 Å². The van der Waals surface area contributed by atoms with Crippen molar-refractivity contribution in [3.63, 3.8) is 0 Å². The first kappa shape index (κ1) is 10.6. The standard InChI is InChI=1S/C13H20N2/c1-4-13(9(2)3)7-10-8-15-6-5-11(10)12(13)14/h5-6,8-9,12H,4,7,14H2,1-3H3/t12-,13?/m1/s1. The van der Waals surface area contributed by atoms with Crippen molar-refractivity contribution in [2.24, 2.45) is 17.1 Å². The van der Waals surface area contributed by atoms with Gasteiger partial charge in [0.1, 0.15) is 0 Å². The van der Waals surface area contributed by atoms with Gasteiger partial charge in [-0.1, -0.05) is 20.8 Å². The van der Waals surface area contributed by atoms with Gasteiger partial charge < -0.3 is 5.73 Å². The normalized spacial score (nSPS) is 29.5. The van der Waals surface area contributed by atoms with Crippen molar-refractivity contribution < 1.29 is 0 Å². The highest BCUT2D eigenvalue weighted by molar-refractivity contribution is 5.35. The fourth-order valence-corrected chi connectivity index (χ4v) is 2.98. The molecule has 0 aliphatic heterocycles. The molecule has 0 fully saturated rings. The summed E-state index contributed by atoms with van der Waals surface area (Å²) in [4.78, 5) is 4.19. The van der Waals surface area contributed by atoms with Crippen LogP contribution in [-0.2, 0) is 6.42 Å². The van der Waals surface area contributed by atoms with E-state index in [2.05, 4.69) is 31.8 Å². The number of aromatic nitrogens is 1. The van der Waals surface area contributed by atoms with E-state index in [-0.39, 0.29) is 11.5 Å². The van der Waals surface area contributed by atoms with Crippen LogP contribution in [0, 0.1) is 11.3 Å². The third kappa shape index (κ3) is 1.39. The third-order valence-corrected chi connectivity index (χ3v) is 4.22. The minimum absolute atomic E-state index is 0.181. The summed E-state index contributed by atoms with van der Waals surface area (Å²) >= 11 is 0. The van der Waals surface area contributed by atoms with Crippen LogP contribution in [0.1, 0.15) is 44.4 Å². The van der Waals surface area contributed by atoms with Crippen LogP contribution in [0.25, 0.3) is 0 Å². The number of nitrogens with zero attached hydrogens (tertiary/aromatic N) is 1. The molecule has 1 aliphatic rings. The number of nitrogens with two attached hydrogens (primary N) is 1. The number of hydrogen-bond donors (Lipinski definition) is 1. The summed E-state index contributed by atoms with van der Waals surface area (Å²) in [5, 5.41) is 0. The Hall–Kier alpha value is -0.890. The molecule has 2 atom stereocenters. The molecule has 0 radical (unpaired) electrons. The molecular weight excluding hydrogens is 184 g/mol. The van der Waals surface area contributed by atoms with Gasteiger partial charge in [-0.25, -0.2) is 0 Å². The minimum Gasteiger partial charge on any atom is -0.323 e. The van der Waals surface area contributed by atoms with Gasteiger partial charge in [0.25, 0.3) is 0 Å². The maximum atomic E-state index is 6.41. The van der Waals surface area contributed by atoms with Crippen LogP contribution in [0.4, 0.5) is 0 Å². The summed E-state index contributed by atoms with van der Waals surface area (Å²) in [6.45, 7) is 6.81. The molecule has 15 heavy (non-hydrogen) atoms. The molecule has 0 saturated carbocycles. The average molecular weight is 204 g/mol. The second-order valence-corrected chi connectivity index (χ2v) is 4.97. The largest absolute Gasteiger partial charge is 0.323 e. The fourth-order valence-electron chi connectivity index (χ4n) is 2.98. The molecule has 1 unspecified atom stereocenters. The van der Waals surface area contributed by atoms with Gasteiger partial charge in [0.05, 0.1) is 0 Å². The second kappa shape index (κ2) is 3.60. The minimum atomic E-state index is 0.181. The molecule has 0 aromatic carbocycles. The smallest absolute Gasteiger partial charge is 0.0361 e. The van der Waals surface area contributed by atoms with Crippen molar-refractivity contribution in [1.82, 2.24) is 4.98 Å². The highest BCUT2D eigenvalue weighted by atomic mass is 14.8. The van der Waals surface area contributed by atoms with Crippen LogP contribution in [0.15, 0.2) is 18.5 Å². The lowest BCUT2D eigenvalue weighted by molar-refractivity contribution is 0.151. The van der Waals surface area contributed by atoms with E-state index in [1.54, 1.807) is 0 Å². The molecule has 1 aliphatic carbocycles. The second-order valence-electron chi connectivity index (χ2n) is 4.97. The number of hydrogen-bond acceptors (Lipinski definition) is 2. The molecule has 1 aromatic rings. The van der Waals surface area contributed by atoms with Crippen molar-refractivity contribution in [3.05, 3.63) is 29.6 Å². The Kier molecular flexibility index (Phi) is 2.55. The zero-order valence-electron chi connectivity index (χ0n) is 9.83. The molecule has 1 heterocycles. The summed E-state index contributed by atoms with van der Waals surface area (Å²) < 4.78 is 0. The molecule has 2 N–H and O–H groups in total. The van der Waals surface area contributed by atoms with Crippen LogP contribution >= 0.6 is 0 Å². The zero-order valence-corrected chi connectivity index (χ0v) is 9.83. The molecule has 0 saturated heterocycles. The lowest BCUT2D eigenvalue weighted by atomic mass is 9.70. The van der Waals surface area contributed by atoms with Crippen molar-refractivity contribution in [2.75, 3.05) is 0 Å². The molecule has 2 rings (SSSR count). The van der Waals surface area contributed by atoms with Crippen LogP contribution in [0.2, 0.25) is 0 Å². The Morgan fingerprint density at radius 2 is 2.33 bits per heavy atom. The first-order valence-electron chi connectivity index (χ1n) is 5.80. The Morgan fingerprint density at radius 3 is 2.87 bits per heavy atom. The Balaban J connectivity index is 2.44. The maximum Gasteiger partial charge on any atom is 0.0361 e. The van der Waals surface area contributed by atoms with Gasteiger partial charge in [0.2, 0.25) is 0 Å². The van der Waals surface area contributed by atoms with E-state index in [4.69, 9.17) is 5.73 Å². The predicted octanol–water partition coefficient (Wildman–Crippen LogP) is 2.69. The van der Waals surface area contributed by atoms with Gasteiger partial charge in [0.15, 0.2) is 0 Å². The van der Waals surface area contributed by atoms with Gasteiger partial charge in [-0.15, -0.1) is 0 Å². The molecule has 2 nitrogen and oxygen atoms in total. The highest BCUT2D eigenvalue weighted by Crippen LogP contribution is 2.50. The van der Waals surface area contributed by atoms with Crippen molar-refractivity contribution in [2.45, 2.75) is 39.7 Å². The molecule has 0 spiro atoms. The van der Waals surface area contributed by atoms with E-state index < -0.39 is 0 Å². The first-order chi connectivity index (χ1) is 7.12. The van der Waals surface area contributed by atoms with Gasteiger partial charge in [-0.3, -0.25) is 4.98 Å². The zero-order chi connectivity index (χ0) is 11.1. The number of fused-ring (bicyclic) bond motifs is 1. The van der Waals surface area contributed by atoms with Crippen LogP contribution in [0.3, 0.4) is 0 Å². The molecule has 82 valence electrons. The van der Waals surface area contributed by atoms with E-state index in [0.717, 1.165) is 12.8 Å². The molecule has 0 amide bonds. The summed E-state index contributed by atoms with van der Waals surface area (Å²) in [6.07, 6.45) is 6.06. The summed E-state index contributed by atoms with van der Waals surface area (Å²) in [7, 11) is 0. The fraction of sp³-hybridized carbons (Fsp3) is 0.615. The lowest BCUT2D eigenvalue weighted by Crippen LogP contribution is -2.35. The predicted molar refractivity (Wildman–Crippen MR) is 62.4 cm³/mol. The van der Waals surface area contributed by atoms with Crippen LogP contribution < -0.4 is 5.73 Å². The Labute approximate surface area is 91.9 Å². The number of pyridine rings is 1. The van der Waals surface area contributed by atoms with Gasteiger partial charge >= 0.3 is 0 Å². The molecule has 0 bridgehead atoms. The van der Waals surface area contributed by atoms with E-state index in [1.165, 1.54) is 11.1 Å². The summed E-state index contributed by atoms with van der Waals surface area (Å²) in [5.41, 5.74) is 9.30. The first-order valence-corrected chi connectivity index (χ1v) is 5.80. The lowest BCUT2D eigenvalue weighted by Gasteiger charge is -2.37. The van der Waals surface area contributed by atoms with Gasteiger partial charge in [-0.2, -0.15) is 0 Å². The molecule has 1 aromatic heterocycles.